The molecule has 3 nitrogen and oxygen atoms in total. The summed E-state index contributed by atoms with van der Waals surface area (Å²) in [6.45, 7) is 3.69. The fraction of sp³-hybridized carbons (Fsp3) is 0.200. The SMILES string of the molecule is C=CCNS(=O)(=O)c1ccc(CBr)cc1. The van der Waals surface area contributed by atoms with E-state index < -0.39 is 10.0 Å². The lowest BCUT2D eigenvalue weighted by atomic mass is 10.2. The fourth-order valence-electron chi connectivity index (χ4n) is 1.01. The smallest absolute Gasteiger partial charge is 0.207 e. The van der Waals surface area contributed by atoms with Gasteiger partial charge in [0.15, 0.2) is 0 Å². The molecule has 1 aromatic carbocycles. The van der Waals surface area contributed by atoms with Crippen LogP contribution in [0.25, 0.3) is 0 Å². The largest absolute Gasteiger partial charge is 0.240 e. The predicted octanol–water partition coefficient (Wildman–Crippen LogP) is 2.05. The molecule has 0 saturated carbocycles. The molecule has 0 aliphatic carbocycles. The Morgan fingerprint density at radius 3 is 2.40 bits per heavy atom. The van der Waals surface area contributed by atoms with Crippen molar-refractivity contribution in [3.63, 3.8) is 0 Å². The maximum Gasteiger partial charge on any atom is 0.240 e. The van der Waals surface area contributed by atoms with Crippen molar-refractivity contribution in [3.8, 4) is 0 Å². The van der Waals surface area contributed by atoms with Gasteiger partial charge >= 0.3 is 0 Å². The predicted molar refractivity (Wildman–Crippen MR) is 64.5 cm³/mol. The molecule has 15 heavy (non-hydrogen) atoms. The normalized spacial score (nSPS) is 11.3. The van der Waals surface area contributed by atoms with E-state index in [2.05, 4.69) is 27.2 Å². The zero-order valence-corrected chi connectivity index (χ0v) is 10.5. The maximum absolute atomic E-state index is 11.6. The van der Waals surface area contributed by atoms with Crippen LogP contribution in [0.4, 0.5) is 0 Å². The van der Waals surface area contributed by atoms with E-state index in [0.29, 0.717) is 5.33 Å². The third-order valence-corrected chi connectivity index (χ3v) is 3.89. The van der Waals surface area contributed by atoms with Gasteiger partial charge in [-0.2, -0.15) is 0 Å². The Balaban J connectivity index is 2.90. The first-order chi connectivity index (χ1) is 7.10. The minimum Gasteiger partial charge on any atom is -0.207 e. The number of halogens is 1. The topological polar surface area (TPSA) is 46.2 Å². The van der Waals surface area contributed by atoms with Crippen LogP contribution in [0.2, 0.25) is 0 Å². The second-order valence-electron chi connectivity index (χ2n) is 2.92. The third kappa shape index (κ3) is 3.44. The monoisotopic (exact) mass is 289 g/mol. The molecule has 0 bridgehead atoms. The number of hydrogen-bond donors (Lipinski definition) is 1. The number of hydrogen-bond acceptors (Lipinski definition) is 2. The Morgan fingerprint density at radius 1 is 1.33 bits per heavy atom. The van der Waals surface area contributed by atoms with E-state index in [9.17, 15) is 8.42 Å². The summed E-state index contributed by atoms with van der Waals surface area (Å²) < 4.78 is 25.6. The van der Waals surface area contributed by atoms with Crippen LogP contribution < -0.4 is 4.72 Å². The molecule has 0 spiro atoms. The Bertz CT molecular complexity index is 425. The van der Waals surface area contributed by atoms with Gasteiger partial charge in [-0.05, 0) is 17.7 Å². The number of alkyl halides is 1. The average Bonchev–Trinajstić information content (AvgIpc) is 2.26. The summed E-state index contributed by atoms with van der Waals surface area (Å²) in [7, 11) is -3.38. The van der Waals surface area contributed by atoms with Crippen molar-refractivity contribution in [2.75, 3.05) is 6.54 Å². The second-order valence-corrected chi connectivity index (χ2v) is 5.25. The van der Waals surface area contributed by atoms with E-state index in [0.717, 1.165) is 5.56 Å². The number of benzene rings is 1. The van der Waals surface area contributed by atoms with Gasteiger partial charge in [0.1, 0.15) is 0 Å². The molecular weight excluding hydrogens is 278 g/mol. The van der Waals surface area contributed by atoms with Crippen molar-refractivity contribution in [2.24, 2.45) is 0 Å². The summed E-state index contributed by atoms with van der Waals surface area (Å²) in [6.07, 6.45) is 1.50. The van der Waals surface area contributed by atoms with Crippen LogP contribution >= 0.6 is 15.9 Å². The Kier molecular flexibility index (Phi) is 4.50. The van der Waals surface area contributed by atoms with Crippen LogP contribution in [0.3, 0.4) is 0 Å². The van der Waals surface area contributed by atoms with Crippen LogP contribution in [0.5, 0.6) is 0 Å². The highest BCUT2D eigenvalue weighted by atomic mass is 79.9. The van der Waals surface area contributed by atoms with Gasteiger partial charge in [-0.1, -0.05) is 34.1 Å². The van der Waals surface area contributed by atoms with Crippen LogP contribution in [-0.2, 0) is 15.4 Å². The van der Waals surface area contributed by atoms with Gasteiger partial charge in [-0.3, -0.25) is 0 Å². The minimum absolute atomic E-state index is 0.239. The summed E-state index contributed by atoms with van der Waals surface area (Å²) in [5, 5.41) is 0.716. The zero-order valence-electron chi connectivity index (χ0n) is 8.11. The van der Waals surface area contributed by atoms with E-state index >= 15 is 0 Å². The summed E-state index contributed by atoms with van der Waals surface area (Å²) in [4.78, 5) is 0.272. The van der Waals surface area contributed by atoms with E-state index in [1.165, 1.54) is 6.08 Å². The summed E-state index contributed by atoms with van der Waals surface area (Å²) in [6, 6.07) is 6.72. The van der Waals surface area contributed by atoms with Gasteiger partial charge in [-0.25, -0.2) is 13.1 Å². The van der Waals surface area contributed by atoms with Crippen molar-refractivity contribution in [3.05, 3.63) is 42.5 Å². The van der Waals surface area contributed by atoms with Gasteiger partial charge < -0.3 is 0 Å². The summed E-state index contributed by atoms with van der Waals surface area (Å²) in [5.41, 5.74) is 1.04. The molecule has 0 aliphatic heterocycles. The fourth-order valence-corrected chi connectivity index (χ4v) is 2.38. The van der Waals surface area contributed by atoms with Gasteiger partial charge in [0.2, 0.25) is 10.0 Å². The lowest BCUT2D eigenvalue weighted by molar-refractivity contribution is 0.585. The van der Waals surface area contributed by atoms with Crippen LogP contribution in [-0.4, -0.2) is 15.0 Å². The Morgan fingerprint density at radius 2 is 1.93 bits per heavy atom. The summed E-state index contributed by atoms with van der Waals surface area (Å²) >= 11 is 3.30. The van der Waals surface area contributed by atoms with Gasteiger partial charge in [-0.15, -0.1) is 6.58 Å². The Labute approximate surface area is 98.4 Å². The van der Waals surface area contributed by atoms with Crippen molar-refractivity contribution < 1.29 is 8.42 Å². The molecule has 0 fully saturated rings. The first-order valence-electron chi connectivity index (χ1n) is 4.35. The number of nitrogens with one attached hydrogen (secondary N) is 1. The first kappa shape index (κ1) is 12.4. The standard InChI is InChI=1S/C10H12BrNO2S/c1-2-7-12-15(13,14)10-5-3-9(8-11)4-6-10/h2-6,12H,1,7-8H2. The number of rotatable bonds is 5. The highest BCUT2D eigenvalue weighted by Crippen LogP contribution is 2.12. The number of sulfonamides is 1. The van der Waals surface area contributed by atoms with Crippen molar-refractivity contribution in [2.45, 2.75) is 10.2 Å². The van der Waals surface area contributed by atoms with E-state index in [4.69, 9.17) is 0 Å². The highest BCUT2D eigenvalue weighted by molar-refractivity contribution is 9.08. The van der Waals surface area contributed by atoms with E-state index in [1.807, 2.05) is 0 Å². The van der Waals surface area contributed by atoms with Gasteiger partial charge in [0.05, 0.1) is 4.90 Å². The second kappa shape index (κ2) is 5.44. The molecule has 0 radical (unpaired) electrons. The van der Waals surface area contributed by atoms with Crippen molar-refractivity contribution >= 4 is 26.0 Å². The van der Waals surface area contributed by atoms with Gasteiger partial charge in [0, 0.05) is 11.9 Å². The molecule has 0 heterocycles. The van der Waals surface area contributed by atoms with E-state index in [-0.39, 0.29) is 11.4 Å². The molecule has 82 valence electrons. The average molecular weight is 290 g/mol. The highest BCUT2D eigenvalue weighted by Gasteiger charge is 2.11. The molecule has 1 aromatic rings. The summed E-state index contributed by atoms with van der Waals surface area (Å²) in [5.74, 6) is 0. The molecule has 5 heteroatoms. The van der Waals surface area contributed by atoms with Crippen molar-refractivity contribution in [1.29, 1.82) is 0 Å². The lowest BCUT2D eigenvalue weighted by Crippen LogP contribution is -2.23. The molecule has 1 N–H and O–H groups in total. The van der Waals surface area contributed by atoms with Gasteiger partial charge in [0.25, 0.3) is 0 Å². The molecule has 0 aliphatic rings. The lowest BCUT2D eigenvalue weighted by Gasteiger charge is -2.04. The molecule has 0 unspecified atom stereocenters. The quantitative estimate of drug-likeness (QED) is 0.666. The van der Waals surface area contributed by atoms with Crippen LogP contribution in [0.15, 0.2) is 41.8 Å². The molecule has 0 saturated heterocycles. The molecular formula is C10H12BrNO2S. The third-order valence-electron chi connectivity index (χ3n) is 1.81. The zero-order chi connectivity index (χ0) is 11.3. The van der Waals surface area contributed by atoms with Crippen LogP contribution in [0, 0.1) is 0 Å². The van der Waals surface area contributed by atoms with E-state index in [1.54, 1.807) is 24.3 Å². The molecule has 0 amide bonds. The van der Waals surface area contributed by atoms with Crippen molar-refractivity contribution in [1.82, 2.24) is 4.72 Å². The Hall–Kier alpha value is -0.650. The maximum atomic E-state index is 11.6. The van der Waals surface area contributed by atoms with Crippen LogP contribution in [0.1, 0.15) is 5.56 Å². The first-order valence-corrected chi connectivity index (χ1v) is 6.96. The molecule has 1 rings (SSSR count). The molecule has 0 aromatic heterocycles. The molecule has 0 atom stereocenters. The minimum atomic E-state index is -3.38.